The minimum atomic E-state index is -1.20. The highest BCUT2D eigenvalue weighted by Crippen LogP contribution is 2.23. The van der Waals surface area contributed by atoms with Crippen molar-refractivity contribution in [1.82, 2.24) is 5.32 Å². The number of hydrogen-bond donors (Lipinski definition) is 1. The van der Waals surface area contributed by atoms with Gasteiger partial charge in [-0.05, 0) is 48.5 Å². The fourth-order valence-electron chi connectivity index (χ4n) is 2.39. The molecule has 0 aliphatic carbocycles. The number of aliphatic imine (C=N–C) groups is 1. The molecule has 7 nitrogen and oxygen atoms in total. The van der Waals surface area contributed by atoms with Crippen LogP contribution in [0.1, 0.15) is 0 Å². The number of nitrogens with zero attached hydrogens (tertiary/aromatic N) is 2. The third-order valence-corrected chi connectivity index (χ3v) is 4.26. The SMILES string of the molecule is COc1ccc(N2C(=O)NC(=O)[C@@H](C=Nc3ccc(Br)cc3)C2=O)cc1. The zero-order valence-electron chi connectivity index (χ0n) is 13.7. The summed E-state index contributed by atoms with van der Waals surface area (Å²) in [6, 6.07) is 12.6. The highest BCUT2D eigenvalue weighted by atomic mass is 79.9. The van der Waals surface area contributed by atoms with Crippen LogP contribution in [0, 0.1) is 5.92 Å². The molecule has 1 aliphatic heterocycles. The van der Waals surface area contributed by atoms with Crippen molar-refractivity contribution < 1.29 is 19.1 Å². The maximum Gasteiger partial charge on any atom is 0.335 e. The van der Waals surface area contributed by atoms with Gasteiger partial charge < -0.3 is 4.74 Å². The van der Waals surface area contributed by atoms with Crippen molar-refractivity contribution in [3.8, 4) is 5.75 Å². The number of ether oxygens (including phenoxy) is 1. The van der Waals surface area contributed by atoms with E-state index in [1.54, 1.807) is 48.5 Å². The fourth-order valence-corrected chi connectivity index (χ4v) is 2.65. The van der Waals surface area contributed by atoms with Crippen molar-refractivity contribution >= 4 is 51.4 Å². The van der Waals surface area contributed by atoms with Crippen molar-refractivity contribution in [2.75, 3.05) is 12.0 Å². The van der Waals surface area contributed by atoms with E-state index in [1.165, 1.54) is 13.3 Å². The van der Waals surface area contributed by atoms with E-state index in [4.69, 9.17) is 4.74 Å². The largest absolute Gasteiger partial charge is 0.497 e. The molecule has 1 heterocycles. The van der Waals surface area contributed by atoms with E-state index in [1.807, 2.05) is 0 Å². The van der Waals surface area contributed by atoms with Gasteiger partial charge in [-0.25, -0.2) is 9.69 Å². The van der Waals surface area contributed by atoms with Gasteiger partial charge in [-0.15, -0.1) is 0 Å². The Hall–Kier alpha value is -3.00. The normalized spacial score (nSPS) is 17.5. The van der Waals surface area contributed by atoms with Gasteiger partial charge in [0.1, 0.15) is 5.75 Å². The van der Waals surface area contributed by atoms with Crippen LogP contribution in [0.25, 0.3) is 0 Å². The molecule has 2 aromatic rings. The molecule has 26 heavy (non-hydrogen) atoms. The standard InChI is InChI=1S/C18H14BrN3O4/c1-26-14-8-6-13(7-9-14)22-17(24)15(16(23)21-18(22)25)10-20-12-4-2-11(19)3-5-12/h2-10,15H,1H3,(H,21,23,25)/t15-/m1/s1. The van der Waals surface area contributed by atoms with Gasteiger partial charge >= 0.3 is 6.03 Å². The summed E-state index contributed by atoms with van der Waals surface area (Å²) in [6.45, 7) is 0. The zero-order valence-corrected chi connectivity index (χ0v) is 15.3. The van der Waals surface area contributed by atoms with Gasteiger partial charge in [0.15, 0.2) is 5.92 Å². The molecule has 0 aromatic heterocycles. The third kappa shape index (κ3) is 3.65. The monoisotopic (exact) mass is 415 g/mol. The van der Waals surface area contributed by atoms with E-state index < -0.39 is 23.8 Å². The Bertz CT molecular complexity index is 878. The highest BCUT2D eigenvalue weighted by molar-refractivity contribution is 9.10. The first-order chi connectivity index (χ1) is 12.5. The first-order valence-corrected chi connectivity index (χ1v) is 8.41. The molecule has 3 rings (SSSR count). The molecule has 1 atom stereocenters. The number of nitrogens with one attached hydrogen (secondary N) is 1. The number of benzene rings is 2. The maximum atomic E-state index is 12.7. The predicted molar refractivity (Wildman–Crippen MR) is 99.8 cm³/mol. The van der Waals surface area contributed by atoms with Crippen molar-refractivity contribution in [2.24, 2.45) is 10.9 Å². The number of amides is 4. The van der Waals surface area contributed by atoms with Gasteiger partial charge in [0.2, 0.25) is 5.91 Å². The van der Waals surface area contributed by atoms with Crippen LogP contribution in [-0.4, -0.2) is 31.2 Å². The van der Waals surface area contributed by atoms with E-state index in [2.05, 4.69) is 26.2 Å². The Balaban J connectivity index is 1.86. The number of imide groups is 2. The lowest BCUT2D eigenvalue weighted by atomic mass is 10.1. The van der Waals surface area contributed by atoms with Gasteiger partial charge in [0.25, 0.3) is 5.91 Å². The summed E-state index contributed by atoms with van der Waals surface area (Å²) in [5, 5.41) is 2.18. The minimum absolute atomic E-state index is 0.336. The van der Waals surface area contributed by atoms with Crippen LogP contribution in [-0.2, 0) is 9.59 Å². The van der Waals surface area contributed by atoms with Crippen molar-refractivity contribution in [3.63, 3.8) is 0 Å². The number of carbonyl (C=O) groups excluding carboxylic acids is 3. The van der Waals surface area contributed by atoms with Crippen LogP contribution in [0.2, 0.25) is 0 Å². The number of anilines is 1. The molecule has 1 N–H and O–H groups in total. The van der Waals surface area contributed by atoms with E-state index in [9.17, 15) is 14.4 Å². The number of methoxy groups -OCH3 is 1. The van der Waals surface area contributed by atoms with Crippen LogP contribution in [0.15, 0.2) is 58.0 Å². The summed E-state index contributed by atoms with van der Waals surface area (Å²) in [6.07, 6.45) is 1.24. The molecule has 0 bridgehead atoms. The molecule has 1 saturated heterocycles. The van der Waals surface area contributed by atoms with E-state index in [-0.39, 0.29) is 0 Å². The Kier molecular flexibility index (Phi) is 5.13. The number of barbiturate groups is 1. The molecule has 1 aliphatic rings. The number of rotatable bonds is 4. The summed E-state index contributed by atoms with van der Waals surface area (Å²) < 4.78 is 5.95. The molecular weight excluding hydrogens is 402 g/mol. The molecular formula is C18H14BrN3O4. The van der Waals surface area contributed by atoms with Crippen molar-refractivity contribution in [2.45, 2.75) is 0 Å². The molecule has 1 fully saturated rings. The average molecular weight is 416 g/mol. The summed E-state index contributed by atoms with van der Waals surface area (Å²) in [4.78, 5) is 42.0. The first-order valence-electron chi connectivity index (χ1n) is 7.62. The van der Waals surface area contributed by atoms with Crippen LogP contribution < -0.4 is 15.0 Å². The fraction of sp³-hybridized carbons (Fsp3) is 0.111. The smallest absolute Gasteiger partial charge is 0.335 e. The van der Waals surface area contributed by atoms with Gasteiger partial charge in [-0.1, -0.05) is 15.9 Å². The minimum Gasteiger partial charge on any atom is -0.497 e. The van der Waals surface area contributed by atoms with E-state index in [0.29, 0.717) is 17.1 Å². The van der Waals surface area contributed by atoms with Crippen molar-refractivity contribution in [1.29, 1.82) is 0 Å². The summed E-state index contributed by atoms with van der Waals surface area (Å²) in [5.41, 5.74) is 0.921. The lowest BCUT2D eigenvalue weighted by Gasteiger charge is -2.28. The third-order valence-electron chi connectivity index (χ3n) is 3.73. The maximum absolute atomic E-state index is 12.7. The van der Waals surface area contributed by atoms with E-state index >= 15 is 0 Å². The second-order valence-electron chi connectivity index (χ2n) is 5.40. The lowest BCUT2D eigenvalue weighted by Crippen LogP contribution is -2.58. The zero-order chi connectivity index (χ0) is 18.7. The van der Waals surface area contributed by atoms with E-state index in [0.717, 1.165) is 9.37 Å². The number of hydrogen-bond acceptors (Lipinski definition) is 5. The Morgan fingerprint density at radius 3 is 2.35 bits per heavy atom. The van der Waals surface area contributed by atoms with Crippen LogP contribution in [0.5, 0.6) is 5.75 Å². The van der Waals surface area contributed by atoms with Gasteiger partial charge in [0, 0.05) is 10.7 Å². The Morgan fingerprint density at radius 2 is 1.73 bits per heavy atom. The molecule has 0 radical (unpaired) electrons. The molecule has 0 spiro atoms. The second-order valence-corrected chi connectivity index (χ2v) is 6.31. The van der Waals surface area contributed by atoms with Crippen molar-refractivity contribution in [3.05, 3.63) is 53.0 Å². The lowest BCUT2D eigenvalue weighted by molar-refractivity contribution is -0.131. The summed E-state index contributed by atoms with van der Waals surface area (Å²) in [7, 11) is 1.51. The molecule has 4 amide bonds. The summed E-state index contributed by atoms with van der Waals surface area (Å²) in [5.74, 6) is -1.98. The van der Waals surface area contributed by atoms with Gasteiger partial charge in [-0.2, -0.15) is 0 Å². The number of urea groups is 1. The van der Waals surface area contributed by atoms with Gasteiger partial charge in [-0.3, -0.25) is 19.9 Å². The van der Waals surface area contributed by atoms with Gasteiger partial charge in [0.05, 0.1) is 18.5 Å². The number of carbonyl (C=O) groups is 3. The molecule has 132 valence electrons. The highest BCUT2D eigenvalue weighted by Gasteiger charge is 2.40. The average Bonchev–Trinajstić information content (AvgIpc) is 2.63. The Labute approximate surface area is 157 Å². The van der Waals surface area contributed by atoms with Crippen LogP contribution in [0.3, 0.4) is 0 Å². The molecule has 8 heteroatoms. The topological polar surface area (TPSA) is 88.1 Å². The summed E-state index contributed by atoms with van der Waals surface area (Å²) >= 11 is 3.32. The predicted octanol–water partition coefficient (Wildman–Crippen LogP) is 3.06. The quantitative estimate of drug-likeness (QED) is 0.613. The molecule has 0 unspecified atom stereocenters. The molecule has 2 aromatic carbocycles. The molecule has 0 saturated carbocycles. The second kappa shape index (κ2) is 7.49. The first kappa shape index (κ1) is 17.8. The van der Waals surface area contributed by atoms with Crippen LogP contribution in [0.4, 0.5) is 16.2 Å². The van der Waals surface area contributed by atoms with Crippen LogP contribution >= 0.6 is 15.9 Å². The number of halogens is 1. The Morgan fingerprint density at radius 1 is 1.08 bits per heavy atom.